The highest BCUT2D eigenvalue weighted by molar-refractivity contribution is 5.21. The molecule has 0 bridgehead atoms. The molecule has 1 heterocycles. The van der Waals surface area contributed by atoms with Gasteiger partial charge in [0.05, 0.1) is 0 Å². The fourth-order valence-electron chi connectivity index (χ4n) is 0.417. The smallest absolute Gasteiger partial charge is 0.170 e. The maximum atomic E-state index is 9.89. The van der Waals surface area contributed by atoms with Gasteiger partial charge in [0.1, 0.15) is 12.0 Å². The highest BCUT2D eigenvalue weighted by Gasteiger charge is 2.00. The number of aromatic nitrogens is 2. The van der Waals surface area contributed by atoms with Crippen LogP contribution in [0.3, 0.4) is 0 Å². The summed E-state index contributed by atoms with van der Waals surface area (Å²) in [6.45, 7) is 0. The van der Waals surface area contributed by atoms with Crippen LogP contribution >= 0.6 is 0 Å². The number of anilines is 1. The first-order valence-corrected chi connectivity index (χ1v) is 2.14. The molecule has 6 heteroatoms. The number of nitrogens with two attached hydrogens (primary N) is 1. The zero-order chi connectivity index (χ0) is 6.85. The second-order valence-corrected chi connectivity index (χ2v) is 1.42. The molecule has 1 rings (SSSR count). The van der Waals surface area contributed by atoms with Crippen LogP contribution in [0.25, 0.3) is 0 Å². The zero-order valence-corrected chi connectivity index (χ0v) is 4.39. The first-order valence-electron chi connectivity index (χ1n) is 2.14. The fraction of sp³-hybridized carbons (Fsp3) is 0. The maximum Gasteiger partial charge on any atom is 0.170 e. The van der Waals surface area contributed by atoms with Gasteiger partial charge < -0.3 is 5.73 Å². The summed E-state index contributed by atoms with van der Waals surface area (Å²) in [6.07, 6.45) is 2.16. The van der Waals surface area contributed by atoms with E-state index >= 15 is 0 Å². The summed E-state index contributed by atoms with van der Waals surface area (Å²) in [7, 11) is 0. The molecule has 0 saturated carbocycles. The molecule has 0 unspecified atom stereocenters. The van der Waals surface area contributed by atoms with Gasteiger partial charge in [0.15, 0.2) is 11.4 Å². The van der Waals surface area contributed by atoms with Crippen molar-refractivity contribution in [2.24, 2.45) is 0 Å². The quantitative estimate of drug-likeness (QED) is 0.408. The molecule has 0 aliphatic rings. The highest BCUT2D eigenvalue weighted by Crippen LogP contribution is 1.93. The van der Waals surface area contributed by atoms with E-state index in [9.17, 15) is 10.1 Å². The third-order valence-electron chi connectivity index (χ3n) is 0.778. The molecule has 2 N–H and O–H groups in total. The lowest BCUT2D eigenvalue weighted by Gasteiger charge is -1.82. The van der Waals surface area contributed by atoms with Crippen LogP contribution in [0.15, 0.2) is 12.5 Å². The van der Waals surface area contributed by atoms with Crippen molar-refractivity contribution in [3.63, 3.8) is 0 Å². The average Bonchev–Trinajstić information content (AvgIpc) is 2.14. The normalized spacial score (nSPS) is 9.33. The summed E-state index contributed by atoms with van der Waals surface area (Å²) in [5.74, 6) is 0.145. The summed E-state index contributed by atoms with van der Waals surface area (Å²) in [6, 6.07) is 0. The predicted octanol–water partition coefficient (Wildman–Crippen LogP) is -0.495. The number of nitrogens with zero attached hydrogens (tertiary/aromatic N) is 3. The van der Waals surface area contributed by atoms with Crippen molar-refractivity contribution < 1.29 is 5.03 Å². The van der Waals surface area contributed by atoms with Gasteiger partial charge in [-0.15, -0.1) is 0 Å². The molecule has 48 valence electrons. The van der Waals surface area contributed by atoms with E-state index in [0.717, 1.165) is 12.5 Å². The minimum absolute atomic E-state index is 0.145. The number of hydrogen-bond acceptors (Lipinski definition) is 4. The molecular weight excluding hydrogens is 124 g/mol. The van der Waals surface area contributed by atoms with E-state index in [2.05, 4.69) is 4.98 Å². The van der Waals surface area contributed by atoms with Crippen LogP contribution in [0.2, 0.25) is 0 Å². The topological polar surface area (TPSA) is 87.0 Å². The van der Waals surface area contributed by atoms with Crippen LogP contribution in [-0.2, 0) is 0 Å². The van der Waals surface area contributed by atoms with Crippen LogP contribution in [0.5, 0.6) is 0 Å². The Morgan fingerprint density at radius 2 is 2.56 bits per heavy atom. The Hall–Kier alpha value is -1.59. The molecule has 0 radical (unpaired) electrons. The van der Waals surface area contributed by atoms with Crippen molar-refractivity contribution in [1.82, 2.24) is 9.66 Å². The second kappa shape index (κ2) is 1.73. The molecule has 9 heavy (non-hydrogen) atoms. The van der Waals surface area contributed by atoms with Gasteiger partial charge in [0.2, 0.25) is 0 Å². The standard InChI is InChI=1S/C3H4N4O2/c4-3-1-6(2-5-3)7(8)9/h1-2H,4H2. The lowest BCUT2D eigenvalue weighted by Crippen LogP contribution is -2.04. The summed E-state index contributed by atoms with van der Waals surface area (Å²) in [5, 5.41) is 9.27. The summed E-state index contributed by atoms with van der Waals surface area (Å²) in [4.78, 5) is 13.3. The lowest BCUT2D eigenvalue weighted by atomic mass is 10.8. The molecule has 0 saturated heterocycles. The van der Waals surface area contributed by atoms with Gasteiger partial charge in [-0.3, -0.25) is 0 Å². The van der Waals surface area contributed by atoms with Crippen LogP contribution in [0.1, 0.15) is 0 Å². The number of hydrogen-bond donors (Lipinski definition) is 1. The van der Waals surface area contributed by atoms with Crippen molar-refractivity contribution >= 4 is 5.82 Å². The van der Waals surface area contributed by atoms with Crippen molar-refractivity contribution in [3.05, 3.63) is 22.6 Å². The minimum atomic E-state index is -0.622. The second-order valence-electron chi connectivity index (χ2n) is 1.42. The number of imidazole rings is 1. The van der Waals surface area contributed by atoms with Gasteiger partial charge in [0.25, 0.3) is 0 Å². The van der Waals surface area contributed by atoms with E-state index in [1.807, 2.05) is 0 Å². The summed E-state index contributed by atoms with van der Waals surface area (Å²) < 4.78 is 0.690. The first-order chi connectivity index (χ1) is 4.20. The van der Waals surface area contributed by atoms with E-state index in [1.165, 1.54) is 0 Å². The van der Waals surface area contributed by atoms with Gasteiger partial charge in [0, 0.05) is 0 Å². The monoisotopic (exact) mass is 128 g/mol. The van der Waals surface area contributed by atoms with Gasteiger partial charge in [-0.2, -0.15) is 0 Å². The Kier molecular flexibility index (Phi) is 1.07. The van der Waals surface area contributed by atoms with Crippen molar-refractivity contribution in [1.29, 1.82) is 0 Å². The zero-order valence-electron chi connectivity index (χ0n) is 4.39. The lowest BCUT2D eigenvalue weighted by molar-refractivity contribution is -0.542. The molecule has 6 nitrogen and oxygen atoms in total. The Morgan fingerprint density at radius 1 is 1.89 bits per heavy atom. The van der Waals surface area contributed by atoms with E-state index in [0.29, 0.717) is 4.68 Å². The molecule has 0 spiro atoms. The third kappa shape index (κ3) is 0.958. The number of rotatable bonds is 1. The SMILES string of the molecule is Nc1cn([N+](=O)[O-])cn1. The van der Waals surface area contributed by atoms with Gasteiger partial charge >= 0.3 is 0 Å². The van der Waals surface area contributed by atoms with E-state index < -0.39 is 5.03 Å². The number of nitrogen functional groups attached to an aromatic ring is 1. The Balaban J connectivity index is 2.98. The number of nitro groups is 1. The minimum Gasteiger partial charge on any atom is -0.382 e. The van der Waals surface area contributed by atoms with Gasteiger partial charge in [-0.1, -0.05) is 4.68 Å². The Labute approximate surface area is 50.0 Å². The molecular formula is C3H4N4O2. The first kappa shape index (κ1) is 5.54. The van der Waals surface area contributed by atoms with Crippen LogP contribution in [-0.4, -0.2) is 14.7 Å². The molecule has 0 amide bonds. The van der Waals surface area contributed by atoms with Gasteiger partial charge in [-0.05, 0) is 0 Å². The largest absolute Gasteiger partial charge is 0.382 e. The molecule has 0 aliphatic carbocycles. The third-order valence-corrected chi connectivity index (χ3v) is 0.778. The molecule has 1 aromatic heterocycles. The van der Waals surface area contributed by atoms with E-state index in [4.69, 9.17) is 5.73 Å². The summed E-state index contributed by atoms with van der Waals surface area (Å²) in [5.41, 5.74) is 5.08. The molecule has 1 aromatic rings. The maximum absolute atomic E-state index is 9.89. The van der Waals surface area contributed by atoms with Crippen LogP contribution < -0.4 is 5.73 Å². The Morgan fingerprint density at radius 3 is 2.78 bits per heavy atom. The summed E-state index contributed by atoms with van der Waals surface area (Å²) >= 11 is 0. The molecule has 0 atom stereocenters. The highest BCUT2D eigenvalue weighted by atomic mass is 16.7. The van der Waals surface area contributed by atoms with E-state index in [-0.39, 0.29) is 5.82 Å². The molecule has 0 fully saturated rings. The van der Waals surface area contributed by atoms with Crippen LogP contribution in [0, 0.1) is 10.1 Å². The van der Waals surface area contributed by atoms with Crippen molar-refractivity contribution in [2.45, 2.75) is 0 Å². The van der Waals surface area contributed by atoms with Crippen molar-refractivity contribution in [2.75, 3.05) is 5.73 Å². The van der Waals surface area contributed by atoms with Crippen LogP contribution in [0.4, 0.5) is 5.82 Å². The molecule has 0 aliphatic heterocycles. The van der Waals surface area contributed by atoms with Crippen molar-refractivity contribution in [3.8, 4) is 0 Å². The van der Waals surface area contributed by atoms with E-state index in [1.54, 1.807) is 0 Å². The molecule has 0 aromatic carbocycles. The Bertz CT molecular complexity index is 229. The predicted molar refractivity (Wildman–Crippen MR) is 29.0 cm³/mol. The average molecular weight is 128 g/mol. The van der Waals surface area contributed by atoms with Gasteiger partial charge in [-0.25, -0.2) is 15.1 Å². The fourth-order valence-corrected chi connectivity index (χ4v) is 0.417.